The van der Waals surface area contributed by atoms with E-state index in [-0.39, 0.29) is 5.91 Å². The number of para-hydroxylation sites is 1. The van der Waals surface area contributed by atoms with Crippen molar-refractivity contribution in [2.24, 2.45) is 0 Å². The monoisotopic (exact) mass is 279 g/mol. The summed E-state index contributed by atoms with van der Waals surface area (Å²) in [4.78, 5) is 14.5. The Kier molecular flexibility index (Phi) is 3.87. The van der Waals surface area contributed by atoms with Crippen LogP contribution in [0.3, 0.4) is 0 Å². The minimum Gasteiger partial charge on any atom is -0.382 e. The summed E-state index contributed by atoms with van der Waals surface area (Å²) in [5.74, 6) is -0.379. The molecule has 20 heavy (non-hydrogen) atoms. The van der Waals surface area contributed by atoms with Crippen molar-refractivity contribution in [3.63, 3.8) is 0 Å². The number of nitrogens with zero attached hydrogens (tertiary/aromatic N) is 1. The molecule has 0 aromatic heterocycles. The number of rotatable bonds is 5. The fraction of sp³-hybridized carbons (Fsp3) is 0.562. The van der Waals surface area contributed by atoms with Gasteiger partial charge in [0.15, 0.2) is 0 Å². The predicted octanol–water partition coefficient (Wildman–Crippen LogP) is 2.20. The van der Waals surface area contributed by atoms with Gasteiger partial charge in [0, 0.05) is 23.3 Å². The maximum absolute atomic E-state index is 12.8. The quantitative estimate of drug-likeness (QED) is 0.898. The van der Waals surface area contributed by atoms with Gasteiger partial charge in [0.2, 0.25) is 5.91 Å². The molecule has 1 aliphatic heterocycles. The summed E-state index contributed by atoms with van der Waals surface area (Å²) in [6.45, 7) is -0.358. The van der Waals surface area contributed by atoms with Gasteiger partial charge in [0.05, 0.1) is 12.1 Å². The number of hydrogen-bond acceptors (Lipinski definition) is 3. The van der Waals surface area contributed by atoms with E-state index in [2.05, 4.69) is 5.32 Å². The van der Waals surface area contributed by atoms with Crippen molar-refractivity contribution in [1.29, 1.82) is 0 Å². The number of anilines is 1. The van der Waals surface area contributed by atoms with Gasteiger partial charge in [-0.1, -0.05) is 25.1 Å². The zero-order valence-electron chi connectivity index (χ0n) is 14.9. The maximum Gasteiger partial charge on any atom is 0.227 e. The molecule has 110 valence electrons. The van der Waals surface area contributed by atoms with Crippen molar-refractivity contribution in [2.45, 2.75) is 31.7 Å². The first-order valence-electron chi connectivity index (χ1n) is 8.46. The van der Waals surface area contributed by atoms with Crippen molar-refractivity contribution in [3.05, 3.63) is 30.3 Å². The van der Waals surface area contributed by atoms with Gasteiger partial charge in [-0.15, -0.1) is 0 Å². The van der Waals surface area contributed by atoms with Crippen LogP contribution in [0.15, 0.2) is 30.3 Å². The SMILES string of the molecule is [2H]C([2H])([2H])CC(=O)N(c1ccccc1)C1(COC)CCNCC1. The predicted molar refractivity (Wildman–Crippen MR) is 80.9 cm³/mol. The molecule has 1 fully saturated rings. The Morgan fingerprint density at radius 3 is 2.70 bits per heavy atom. The molecule has 1 saturated heterocycles. The van der Waals surface area contributed by atoms with Crippen molar-refractivity contribution < 1.29 is 13.6 Å². The van der Waals surface area contributed by atoms with Crippen molar-refractivity contribution in [1.82, 2.24) is 5.32 Å². The van der Waals surface area contributed by atoms with Crippen molar-refractivity contribution >= 4 is 11.6 Å². The van der Waals surface area contributed by atoms with E-state index < -0.39 is 18.8 Å². The Morgan fingerprint density at radius 2 is 2.10 bits per heavy atom. The van der Waals surface area contributed by atoms with Crippen LogP contribution in [0.25, 0.3) is 0 Å². The normalized spacial score (nSPS) is 20.6. The first-order chi connectivity index (χ1) is 10.9. The van der Waals surface area contributed by atoms with Crippen LogP contribution in [-0.4, -0.2) is 38.3 Å². The molecule has 0 aliphatic carbocycles. The smallest absolute Gasteiger partial charge is 0.227 e. The summed E-state index contributed by atoms with van der Waals surface area (Å²) in [6, 6.07) is 9.27. The molecule has 0 spiro atoms. The third-order valence-electron chi connectivity index (χ3n) is 3.84. The second kappa shape index (κ2) is 6.86. The summed E-state index contributed by atoms with van der Waals surface area (Å²) in [7, 11) is 1.61. The summed E-state index contributed by atoms with van der Waals surface area (Å²) >= 11 is 0. The molecule has 0 atom stereocenters. The molecule has 0 saturated carbocycles. The third-order valence-corrected chi connectivity index (χ3v) is 3.84. The molecule has 1 heterocycles. The number of methoxy groups -OCH3 is 1. The first kappa shape index (κ1) is 11.3. The van der Waals surface area contributed by atoms with Crippen LogP contribution in [0.5, 0.6) is 0 Å². The molecule has 4 heteroatoms. The average molecular weight is 279 g/mol. The fourth-order valence-electron chi connectivity index (χ4n) is 2.93. The van der Waals surface area contributed by atoms with Gasteiger partial charge < -0.3 is 15.0 Å². The summed E-state index contributed by atoms with van der Waals surface area (Å²) in [5, 5.41) is 3.29. The van der Waals surface area contributed by atoms with Gasteiger partial charge in [-0.25, -0.2) is 0 Å². The highest BCUT2D eigenvalue weighted by molar-refractivity contribution is 5.94. The molecular formula is C16H24N2O2. The molecule has 0 unspecified atom stereocenters. The maximum atomic E-state index is 12.8. The Bertz CT molecular complexity index is 508. The summed E-state index contributed by atoms with van der Waals surface area (Å²) in [6.07, 6.45) is 0.978. The van der Waals surface area contributed by atoms with E-state index in [4.69, 9.17) is 8.85 Å². The Hall–Kier alpha value is -1.39. The van der Waals surface area contributed by atoms with E-state index in [1.54, 1.807) is 12.0 Å². The van der Waals surface area contributed by atoms with Crippen LogP contribution in [0.4, 0.5) is 5.69 Å². The lowest BCUT2D eigenvalue weighted by molar-refractivity contribution is -0.120. The average Bonchev–Trinajstić information content (AvgIpc) is 2.48. The lowest BCUT2D eigenvalue weighted by atomic mass is 9.86. The van der Waals surface area contributed by atoms with Gasteiger partial charge in [0.1, 0.15) is 0 Å². The number of ether oxygens (including phenoxy) is 1. The number of amides is 1. The Morgan fingerprint density at radius 1 is 1.40 bits per heavy atom. The zero-order valence-corrected chi connectivity index (χ0v) is 11.9. The molecule has 0 radical (unpaired) electrons. The number of benzene rings is 1. The van der Waals surface area contributed by atoms with Gasteiger partial charge in [-0.3, -0.25) is 4.79 Å². The van der Waals surface area contributed by atoms with Crippen LogP contribution in [0.1, 0.15) is 30.2 Å². The van der Waals surface area contributed by atoms with Gasteiger partial charge >= 0.3 is 0 Å². The largest absolute Gasteiger partial charge is 0.382 e. The minimum absolute atomic E-state index is 0.379. The van der Waals surface area contributed by atoms with Crippen LogP contribution in [-0.2, 0) is 9.53 Å². The van der Waals surface area contributed by atoms with Crippen LogP contribution in [0, 0.1) is 0 Å². The van der Waals surface area contributed by atoms with Gasteiger partial charge in [0.25, 0.3) is 0 Å². The van der Waals surface area contributed by atoms with E-state index >= 15 is 0 Å². The number of nitrogens with one attached hydrogen (secondary N) is 1. The van der Waals surface area contributed by atoms with Crippen molar-refractivity contribution in [2.75, 3.05) is 31.7 Å². The first-order valence-corrected chi connectivity index (χ1v) is 6.96. The van der Waals surface area contributed by atoms with Crippen LogP contribution in [0.2, 0.25) is 0 Å². The topological polar surface area (TPSA) is 41.6 Å². The van der Waals surface area contributed by atoms with E-state index in [9.17, 15) is 4.79 Å². The number of hydrogen-bond donors (Lipinski definition) is 1. The molecule has 1 aliphatic rings. The Labute approximate surface area is 125 Å². The van der Waals surface area contributed by atoms with Crippen LogP contribution >= 0.6 is 0 Å². The second-order valence-electron chi connectivity index (χ2n) is 5.15. The highest BCUT2D eigenvalue weighted by Gasteiger charge is 2.41. The Balaban J connectivity index is 2.40. The molecule has 1 aromatic rings. The van der Waals surface area contributed by atoms with Crippen molar-refractivity contribution in [3.8, 4) is 0 Å². The van der Waals surface area contributed by atoms with E-state index in [0.717, 1.165) is 31.6 Å². The van der Waals surface area contributed by atoms with Gasteiger partial charge in [-0.2, -0.15) is 0 Å². The zero-order chi connectivity index (χ0) is 16.9. The molecular weight excluding hydrogens is 252 g/mol. The van der Waals surface area contributed by atoms with Crippen LogP contribution < -0.4 is 10.2 Å². The highest BCUT2D eigenvalue weighted by atomic mass is 16.5. The molecule has 1 aromatic carbocycles. The second-order valence-corrected chi connectivity index (χ2v) is 5.15. The van der Waals surface area contributed by atoms with Gasteiger partial charge in [-0.05, 0) is 38.1 Å². The molecule has 1 amide bonds. The third kappa shape index (κ3) is 3.02. The number of carbonyl (C=O) groups excluding carboxylic acids is 1. The summed E-state index contributed by atoms with van der Waals surface area (Å²) < 4.78 is 27.7. The highest BCUT2D eigenvalue weighted by Crippen LogP contribution is 2.32. The molecule has 1 N–H and O–H groups in total. The number of carbonyl (C=O) groups is 1. The summed E-state index contributed by atoms with van der Waals surface area (Å²) in [5.41, 5.74) is 0.213. The van der Waals surface area contributed by atoms with E-state index in [1.807, 2.05) is 30.3 Å². The lowest BCUT2D eigenvalue weighted by Crippen LogP contribution is -2.59. The molecule has 2 rings (SSSR count). The minimum atomic E-state index is -2.29. The standard InChI is InChI=1S/C16H24N2O2/c1-3-15(19)18(14-7-5-4-6-8-14)16(13-20-2)9-11-17-12-10-16/h4-8,17H,3,9-13H2,1-2H3/i1D3. The van der Waals surface area contributed by atoms with E-state index in [1.165, 1.54) is 0 Å². The fourth-order valence-corrected chi connectivity index (χ4v) is 2.93. The lowest BCUT2D eigenvalue weighted by Gasteiger charge is -2.46. The molecule has 4 nitrogen and oxygen atoms in total. The van der Waals surface area contributed by atoms with E-state index in [0.29, 0.717) is 6.61 Å². The number of piperidine rings is 1. The molecule has 0 bridgehead atoms.